The number of hydrogen-bond donors (Lipinski definition) is 1. The van der Waals surface area contributed by atoms with E-state index in [4.69, 9.17) is 0 Å². The van der Waals surface area contributed by atoms with Gasteiger partial charge in [0.05, 0.1) is 0 Å². The third-order valence-electron chi connectivity index (χ3n) is 1.31. The van der Waals surface area contributed by atoms with E-state index in [9.17, 15) is 4.79 Å². The fourth-order valence-electron chi connectivity index (χ4n) is 0.877. The first-order chi connectivity index (χ1) is 5.25. The van der Waals surface area contributed by atoms with Gasteiger partial charge in [-0.25, -0.2) is 9.50 Å². The minimum atomic E-state index is -0.125. The number of nitrogens with one attached hydrogen (secondary N) is 1. The second kappa shape index (κ2) is 2.33. The van der Waals surface area contributed by atoms with Crippen molar-refractivity contribution in [1.29, 1.82) is 0 Å². The lowest BCUT2D eigenvalue weighted by atomic mass is 10.6. The molecule has 2 aromatic rings. The quantitative estimate of drug-likeness (QED) is 0.707. The van der Waals surface area contributed by atoms with Gasteiger partial charge in [-0.3, -0.25) is 9.89 Å². The van der Waals surface area contributed by atoms with Gasteiger partial charge in [0.1, 0.15) is 0 Å². The number of H-pyrrole nitrogens is 1. The number of nitrogens with zero attached hydrogens (tertiary/aromatic N) is 2. The van der Waals surface area contributed by atoms with Crippen LogP contribution >= 0.6 is 22.6 Å². The minimum Gasteiger partial charge on any atom is -0.268 e. The lowest BCUT2D eigenvalue weighted by Crippen LogP contribution is -1.98. The zero-order valence-corrected chi connectivity index (χ0v) is 7.57. The molecule has 0 spiro atoms. The molecule has 5 heteroatoms. The molecule has 0 saturated heterocycles. The molecule has 2 rings (SSSR count). The highest BCUT2D eigenvalue weighted by Crippen LogP contribution is 2.01. The Bertz CT molecular complexity index is 444. The SMILES string of the molecule is O=c1cc2ncc(I)cn2[nH]1. The molecule has 0 saturated carbocycles. The van der Waals surface area contributed by atoms with E-state index in [-0.39, 0.29) is 5.56 Å². The molecule has 0 bridgehead atoms. The number of halogens is 1. The van der Waals surface area contributed by atoms with Gasteiger partial charge < -0.3 is 0 Å². The van der Waals surface area contributed by atoms with Crippen LogP contribution in [-0.2, 0) is 0 Å². The highest BCUT2D eigenvalue weighted by Gasteiger charge is 1.95. The Morgan fingerprint density at radius 1 is 1.64 bits per heavy atom. The monoisotopic (exact) mass is 261 g/mol. The number of aromatic nitrogens is 3. The standard InChI is InChI=1S/C6H4IN3O/c7-4-2-8-5-1-6(11)9-10(5)3-4/h1-3H,(H,9,11). The van der Waals surface area contributed by atoms with E-state index in [2.05, 4.69) is 32.7 Å². The summed E-state index contributed by atoms with van der Waals surface area (Å²) in [7, 11) is 0. The first-order valence-electron chi connectivity index (χ1n) is 2.99. The largest absolute Gasteiger partial charge is 0.268 e. The molecule has 0 aliphatic heterocycles. The second-order valence-electron chi connectivity index (χ2n) is 2.12. The summed E-state index contributed by atoms with van der Waals surface area (Å²) in [6.45, 7) is 0. The molecule has 2 aromatic heterocycles. The maximum atomic E-state index is 10.8. The second-order valence-corrected chi connectivity index (χ2v) is 3.37. The minimum absolute atomic E-state index is 0.125. The molecule has 1 N–H and O–H groups in total. The van der Waals surface area contributed by atoms with E-state index in [1.165, 1.54) is 6.07 Å². The molecule has 0 amide bonds. The third-order valence-corrected chi connectivity index (χ3v) is 1.87. The summed E-state index contributed by atoms with van der Waals surface area (Å²) in [6.07, 6.45) is 3.52. The van der Waals surface area contributed by atoms with E-state index < -0.39 is 0 Å². The molecule has 0 atom stereocenters. The number of hydrogen-bond acceptors (Lipinski definition) is 2. The van der Waals surface area contributed by atoms with Crippen LogP contribution in [0.1, 0.15) is 0 Å². The molecule has 0 aliphatic rings. The fraction of sp³-hybridized carbons (Fsp3) is 0. The Morgan fingerprint density at radius 3 is 3.27 bits per heavy atom. The van der Waals surface area contributed by atoms with Gasteiger partial charge in [0, 0.05) is 22.0 Å². The van der Waals surface area contributed by atoms with E-state index in [0.717, 1.165) is 3.57 Å². The van der Waals surface area contributed by atoms with Gasteiger partial charge in [-0.2, -0.15) is 0 Å². The lowest BCUT2D eigenvalue weighted by molar-refractivity contribution is 0.914. The van der Waals surface area contributed by atoms with Crippen LogP contribution in [0.2, 0.25) is 0 Å². The zero-order valence-electron chi connectivity index (χ0n) is 5.41. The molecule has 11 heavy (non-hydrogen) atoms. The summed E-state index contributed by atoms with van der Waals surface area (Å²) in [6, 6.07) is 1.45. The summed E-state index contributed by atoms with van der Waals surface area (Å²) in [4.78, 5) is 14.8. The van der Waals surface area contributed by atoms with Crippen molar-refractivity contribution in [2.24, 2.45) is 0 Å². The highest BCUT2D eigenvalue weighted by molar-refractivity contribution is 14.1. The Morgan fingerprint density at radius 2 is 2.45 bits per heavy atom. The van der Waals surface area contributed by atoms with Crippen LogP contribution in [0.3, 0.4) is 0 Å². The third kappa shape index (κ3) is 1.15. The van der Waals surface area contributed by atoms with Gasteiger partial charge in [-0.05, 0) is 22.6 Å². The summed E-state index contributed by atoms with van der Waals surface area (Å²) in [5, 5.41) is 2.59. The van der Waals surface area contributed by atoms with Crippen LogP contribution in [-0.4, -0.2) is 14.6 Å². The van der Waals surface area contributed by atoms with Gasteiger partial charge in [-0.1, -0.05) is 0 Å². The Kier molecular flexibility index (Phi) is 1.45. The fourth-order valence-corrected chi connectivity index (χ4v) is 1.30. The van der Waals surface area contributed by atoms with Crippen molar-refractivity contribution in [1.82, 2.24) is 14.6 Å². The summed E-state index contributed by atoms with van der Waals surface area (Å²) >= 11 is 2.13. The molecule has 0 unspecified atom stereocenters. The number of fused-ring (bicyclic) bond motifs is 1. The average Bonchev–Trinajstić information content (AvgIpc) is 2.27. The van der Waals surface area contributed by atoms with Gasteiger partial charge in [-0.15, -0.1) is 0 Å². The van der Waals surface area contributed by atoms with E-state index in [1.54, 1.807) is 10.7 Å². The van der Waals surface area contributed by atoms with Crippen LogP contribution in [0, 0.1) is 3.57 Å². The van der Waals surface area contributed by atoms with E-state index in [1.807, 2.05) is 6.20 Å². The van der Waals surface area contributed by atoms with Crippen LogP contribution in [0.25, 0.3) is 5.65 Å². The summed E-state index contributed by atoms with van der Waals surface area (Å²) in [5.74, 6) is 0. The molecule has 0 aliphatic carbocycles. The van der Waals surface area contributed by atoms with Crippen molar-refractivity contribution in [3.8, 4) is 0 Å². The van der Waals surface area contributed by atoms with Crippen molar-refractivity contribution in [2.75, 3.05) is 0 Å². The first kappa shape index (κ1) is 6.84. The Labute approximate surface area is 75.4 Å². The van der Waals surface area contributed by atoms with Crippen molar-refractivity contribution in [3.05, 3.63) is 32.4 Å². The van der Waals surface area contributed by atoms with Gasteiger partial charge >= 0.3 is 0 Å². The molecule has 0 radical (unpaired) electrons. The topological polar surface area (TPSA) is 50.2 Å². The predicted octanol–water partition coefficient (Wildman–Crippen LogP) is 0.627. The van der Waals surface area contributed by atoms with Crippen LogP contribution < -0.4 is 5.56 Å². The number of rotatable bonds is 0. The molecule has 0 aromatic carbocycles. The smallest absolute Gasteiger partial charge is 0.266 e. The van der Waals surface area contributed by atoms with E-state index in [0.29, 0.717) is 5.65 Å². The normalized spacial score (nSPS) is 10.6. The van der Waals surface area contributed by atoms with Crippen molar-refractivity contribution in [2.45, 2.75) is 0 Å². The van der Waals surface area contributed by atoms with Crippen LogP contribution in [0.15, 0.2) is 23.3 Å². The molecule has 56 valence electrons. The van der Waals surface area contributed by atoms with Gasteiger partial charge in [0.15, 0.2) is 5.65 Å². The maximum Gasteiger partial charge on any atom is 0.266 e. The molecular weight excluding hydrogens is 257 g/mol. The summed E-state index contributed by atoms with van der Waals surface area (Å²) in [5.41, 5.74) is 0.523. The van der Waals surface area contributed by atoms with Crippen molar-refractivity contribution >= 4 is 28.2 Å². The van der Waals surface area contributed by atoms with Gasteiger partial charge in [0.2, 0.25) is 0 Å². The first-order valence-corrected chi connectivity index (χ1v) is 4.06. The predicted molar refractivity (Wildman–Crippen MR) is 48.5 cm³/mol. The molecular formula is C6H4IN3O. The maximum absolute atomic E-state index is 10.8. The Balaban J connectivity index is 2.92. The summed E-state index contributed by atoms with van der Waals surface area (Å²) < 4.78 is 2.59. The molecule has 4 nitrogen and oxygen atoms in total. The van der Waals surface area contributed by atoms with Crippen LogP contribution in [0.5, 0.6) is 0 Å². The van der Waals surface area contributed by atoms with E-state index >= 15 is 0 Å². The zero-order chi connectivity index (χ0) is 7.84. The average molecular weight is 261 g/mol. The highest BCUT2D eigenvalue weighted by atomic mass is 127. The number of aromatic amines is 1. The lowest BCUT2D eigenvalue weighted by Gasteiger charge is -1.91. The molecule has 0 fully saturated rings. The van der Waals surface area contributed by atoms with Crippen molar-refractivity contribution < 1.29 is 0 Å². The van der Waals surface area contributed by atoms with Crippen molar-refractivity contribution in [3.63, 3.8) is 0 Å². The molecule has 2 heterocycles. The van der Waals surface area contributed by atoms with Crippen LogP contribution in [0.4, 0.5) is 0 Å². The Hall–Kier alpha value is -0.850. The van der Waals surface area contributed by atoms with Gasteiger partial charge in [0.25, 0.3) is 5.56 Å².